The number of para-hydroxylation sites is 1. The van der Waals surface area contributed by atoms with Gasteiger partial charge in [0.2, 0.25) is 11.7 Å². The Labute approximate surface area is 178 Å². The molecule has 1 amide bonds. The van der Waals surface area contributed by atoms with Gasteiger partial charge in [0, 0.05) is 11.6 Å². The van der Waals surface area contributed by atoms with Crippen LogP contribution >= 0.6 is 0 Å². The molecule has 162 valence electrons. The van der Waals surface area contributed by atoms with E-state index in [0.717, 1.165) is 11.3 Å². The summed E-state index contributed by atoms with van der Waals surface area (Å²) >= 11 is 0. The van der Waals surface area contributed by atoms with Crippen LogP contribution in [0.15, 0.2) is 42.5 Å². The number of carbonyl (C=O) groups excluding carboxylic acids is 1. The molecule has 2 rings (SSSR count). The molecule has 6 heteroatoms. The van der Waals surface area contributed by atoms with Crippen molar-refractivity contribution in [1.29, 1.82) is 0 Å². The summed E-state index contributed by atoms with van der Waals surface area (Å²) in [5.41, 5.74) is 1.83. The smallest absolute Gasteiger partial charge is 0.244 e. The van der Waals surface area contributed by atoms with Crippen molar-refractivity contribution in [3.8, 4) is 23.0 Å². The van der Waals surface area contributed by atoms with Crippen molar-refractivity contribution in [2.45, 2.75) is 26.2 Å². The number of rotatable bonds is 9. The van der Waals surface area contributed by atoms with Gasteiger partial charge in [-0.15, -0.1) is 0 Å². The molecular formula is C24H31NO5. The maximum Gasteiger partial charge on any atom is 0.244 e. The van der Waals surface area contributed by atoms with Crippen LogP contribution in [0.1, 0.15) is 31.9 Å². The van der Waals surface area contributed by atoms with Crippen molar-refractivity contribution >= 4 is 12.0 Å². The van der Waals surface area contributed by atoms with Gasteiger partial charge < -0.3 is 24.3 Å². The molecule has 0 aliphatic carbocycles. The maximum atomic E-state index is 12.2. The Bertz CT molecular complexity index is 884. The summed E-state index contributed by atoms with van der Waals surface area (Å²) in [4.78, 5) is 12.2. The normalized spacial score (nSPS) is 11.3. The summed E-state index contributed by atoms with van der Waals surface area (Å²) in [7, 11) is 4.64. The molecule has 0 aliphatic rings. The van der Waals surface area contributed by atoms with Gasteiger partial charge >= 0.3 is 0 Å². The molecule has 0 aliphatic heterocycles. The summed E-state index contributed by atoms with van der Waals surface area (Å²) in [6.07, 6.45) is 3.12. The minimum Gasteiger partial charge on any atom is -0.493 e. The molecule has 30 heavy (non-hydrogen) atoms. The second-order valence-corrected chi connectivity index (χ2v) is 7.64. The van der Waals surface area contributed by atoms with Crippen LogP contribution in [0.4, 0.5) is 0 Å². The molecule has 0 fully saturated rings. The third kappa shape index (κ3) is 5.92. The minimum absolute atomic E-state index is 0.0128. The summed E-state index contributed by atoms with van der Waals surface area (Å²) in [5, 5.41) is 2.82. The molecule has 0 saturated heterocycles. The molecule has 0 spiro atoms. The Balaban J connectivity index is 1.94. The minimum atomic E-state index is -0.223. The zero-order valence-electron chi connectivity index (χ0n) is 18.6. The number of benzene rings is 2. The monoisotopic (exact) mass is 413 g/mol. The van der Waals surface area contributed by atoms with Gasteiger partial charge in [-0.2, -0.15) is 0 Å². The van der Waals surface area contributed by atoms with E-state index < -0.39 is 0 Å². The number of methoxy groups -OCH3 is 3. The highest BCUT2D eigenvalue weighted by Crippen LogP contribution is 2.40. The van der Waals surface area contributed by atoms with Gasteiger partial charge in [0.25, 0.3) is 0 Å². The second-order valence-electron chi connectivity index (χ2n) is 7.64. The molecule has 2 aromatic carbocycles. The van der Waals surface area contributed by atoms with Gasteiger partial charge in [-0.1, -0.05) is 39.0 Å². The number of hydrogen-bond donors (Lipinski definition) is 1. The molecule has 1 N–H and O–H groups in total. The summed E-state index contributed by atoms with van der Waals surface area (Å²) in [6, 6.07) is 11.5. The first-order valence-corrected chi connectivity index (χ1v) is 9.79. The lowest BCUT2D eigenvalue weighted by atomic mass is 9.86. The van der Waals surface area contributed by atoms with E-state index in [1.807, 2.05) is 18.2 Å². The largest absolute Gasteiger partial charge is 0.493 e. The van der Waals surface area contributed by atoms with E-state index in [4.69, 9.17) is 18.9 Å². The standard InChI is InChI=1S/C24H31NO5/c1-24(2,3)18-9-7-8-10-19(18)30-16-15-25-21(26)14-12-17-11-13-20(27-4)23(29-6)22(17)28-5/h7-14H,15-16H2,1-6H3,(H,25,26)/b14-12+. The van der Waals surface area contributed by atoms with Crippen LogP contribution in [-0.2, 0) is 10.2 Å². The van der Waals surface area contributed by atoms with Crippen molar-refractivity contribution in [3.05, 3.63) is 53.6 Å². The number of nitrogens with one attached hydrogen (secondary N) is 1. The summed E-state index contributed by atoms with van der Waals surface area (Å²) in [6.45, 7) is 7.20. The van der Waals surface area contributed by atoms with Gasteiger partial charge in [0.05, 0.1) is 27.9 Å². The highest BCUT2D eigenvalue weighted by atomic mass is 16.5. The Morgan fingerprint density at radius 2 is 1.63 bits per heavy atom. The van der Waals surface area contributed by atoms with Crippen LogP contribution < -0.4 is 24.3 Å². The molecule has 0 saturated carbocycles. The molecular weight excluding hydrogens is 382 g/mol. The van der Waals surface area contributed by atoms with Crippen LogP contribution in [0.3, 0.4) is 0 Å². The third-order valence-electron chi connectivity index (χ3n) is 4.50. The van der Waals surface area contributed by atoms with E-state index in [-0.39, 0.29) is 11.3 Å². The number of hydrogen-bond acceptors (Lipinski definition) is 5. The lowest BCUT2D eigenvalue weighted by Gasteiger charge is -2.22. The quantitative estimate of drug-likeness (QED) is 0.493. The first-order valence-electron chi connectivity index (χ1n) is 9.79. The van der Waals surface area contributed by atoms with Crippen molar-refractivity contribution in [3.63, 3.8) is 0 Å². The van der Waals surface area contributed by atoms with Crippen molar-refractivity contribution in [2.24, 2.45) is 0 Å². The van der Waals surface area contributed by atoms with E-state index in [2.05, 4.69) is 32.2 Å². The highest BCUT2D eigenvalue weighted by molar-refractivity contribution is 5.92. The SMILES string of the molecule is COc1ccc(/C=C/C(=O)NCCOc2ccccc2C(C)(C)C)c(OC)c1OC. The summed E-state index contributed by atoms with van der Waals surface area (Å²) in [5.74, 6) is 2.16. The Hall–Kier alpha value is -3.15. The van der Waals surface area contributed by atoms with E-state index >= 15 is 0 Å². The van der Waals surface area contributed by atoms with Crippen molar-refractivity contribution < 1.29 is 23.7 Å². The molecule has 0 aromatic heterocycles. The molecule has 0 radical (unpaired) electrons. The lowest BCUT2D eigenvalue weighted by Crippen LogP contribution is -2.26. The van der Waals surface area contributed by atoms with Gasteiger partial charge in [-0.3, -0.25) is 4.79 Å². The predicted molar refractivity (Wildman–Crippen MR) is 119 cm³/mol. The van der Waals surface area contributed by atoms with E-state index in [0.29, 0.717) is 36.0 Å². The van der Waals surface area contributed by atoms with Gasteiger partial charge in [0.15, 0.2) is 11.5 Å². The van der Waals surface area contributed by atoms with Gasteiger partial charge in [-0.25, -0.2) is 0 Å². The van der Waals surface area contributed by atoms with Crippen LogP contribution in [0.25, 0.3) is 6.08 Å². The number of amides is 1. The Morgan fingerprint density at radius 1 is 0.933 bits per heavy atom. The Morgan fingerprint density at radius 3 is 2.27 bits per heavy atom. The number of carbonyl (C=O) groups is 1. The number of ether oxygens (including phenoxy) is 4. The predicted octanol–water partition coefficient (Wildman–Crippen LogP) is 4.22. The lowest BCUT2D eigenvalue weighted by molar-refractivity contribution is -0.116. The van der Waals surface area contributed by atoms with Gasteiger partial charge in [-0.05, 0) is 35.3 Å². The molecule has 2 aromatic rings. The van der Waals surface area contributed by atoms with Crippen molar-refractivity contribution in [1.82, 2.24) is 5.32 Å². The van der Waals surface area contributed by atoms with Crippen LogP contribution in [-0.4, -0.2) is 40.4 Å². The average molecular weight is 414 g/mol. The second kappa shape index (κ2) is 10.6. The molecule has 0 bridgehead atoms. The first-order chi connectivity index (χ1) is 14.3. The highest BCUT2D eigenvalue weighted by Gasteiger charge is 2.18. The summed E-state index contributed by atoms with van der Waals surface area (Å²) < 4.78 is 21.9. The van der Waals surface area contributed by atoms with Crippen molar-refractivity contribution in [2.75, 3.05) is 34.5 Å². The zero-order valence-corrected chi connectivity index (χ0v) is 18.6. The van der Waals surface area contributed by atoms with Crippen LogP contribution in [0.5, 0.6) is 23.0 Å². The average Bonchev–Trinajstić information content (AvgIpc) is 2.73. The van der Waals surface area contributed by atoms with E-state index in [1.165, 1.54) is 6.08 Å². The fraction of sp³-hybridized carbons (Fsp3) is 0.375. The molecule has 6 nitrogen and oxygen atoms in total. The van der Waals surface area contributed by atoms with Crippen LogP contribution in [0.2, 0.25) is 0 Å². The topological polar surface area (TPSA) is 66.0 Å². The first kappa shape index (κ1) is 23.1. The zero-order chi connectivity index (χ0) is 22.1. The van der Waals surface area contributed by atoms with E-state index in [1.54, 1.807) is 39.5 Å². The van der Waals surface area contributed by atoms with Gasteiger partial charge in [0.1, 0.15) is 12.4 Å². The maximum absolute atomic E-state index is 12.2. The fourth-order valence-corrected chi connectivity index (χ4v) is 3.03. The molecule has 0 atom stereocenters. The Kier molecular flexibility index (Phi) is 8.16. The fourth-order valence-electron chi connectivity index (χ4n) is 3.03. The third-order valence-corrected chi connectivity index (χ3v) is 4.50. The van der Waals surface area contributed by atoms with E-state index in [9.17, 15) is 4.79 Å². The van der Waals surface area contributed by atoms with Crippen LogP contribution in [0, 0.1) is 0 Å². The molecule has 0 heterocycles. The molecule has 0 unspecified atom stereocenters.